The molecule has 2 rings (SSSR count). The van der Waals surface area contributed by atoms with E-state index in [1.54, 1.807) is 11.3 Å². The number of carbonyl (C=O) groups is 1. The van der Waals surface area contributed by atoms with E-state index >= 15 is 0 Å². The minimum Gasteiger partial charge on any atom is -0.335 e. The van der Waals surface area contributed by atoms with E-state index in [0.717, 1.165) is 19.3 Å². The quantitative estimate of drug-likeness (QED) is 0.846. The Kier molecular flexibility index (Phi) is 4.42. The van der Waals surface area contributed by atoms with E-state index in [-0.39, 0.29) is 12.1 Å². The highest BCUT2D eigenvalue weighted by Gasteiger charge is 2.19. The third kappa shape index (κ3) is 3.46. The number of amides is 2. The highest BCUT2D eigenvalue weighted by molar-refractivity contribution is 7.10. The van der Waals surface area contributed by atoms with E-state index in [1.165, 1.54) is 17.7 Å². The Morgan fingerprint density at radius 2 is 2.29 bits per heavy atom. The second-order valence-corrected chi connectivity index (χ2v) is 5.55. The standard InChI is InChI=1S/C13H20N2OS/c1-2-11(12-8-5-9-17-12)15-13(16)14-10-6-3-4-7-10/h5,8-11H,2-4,6-7H2,1H3,(H2,14,15,16). The van der Waals surface area contributed by atoms with Gasteiger partial charge in [-0.1, -0.05) is 25.8 Å². The van der Waals surface area contributed by atoms with Crippen LogP contribution in [0.3, 0.4) is 0 Å². The fourth-order valence-electron chi connectivity index (χ4n) is 2.32. The maximum Gasteiger partial charge on any atom is 0.315 e. The van der Waals surface area contributed by atoms with Crippen molar-refractivity contribution in [2.45, 2.75) is 51.1 Å². The van der Waals surface area contributed by atoms with Crippen LogP contribution in [0.15, 0.2) is 17.5 Å². The molecule has 1 aliphatic carbocycles. The molecule has 0 aromatic carbocycles. The summed E-state index contributed by atoms with van der Waals surface area (Å²) in [5.41, 5.74) is 0. The number of thiophene rings is 1. The van der Waals surface area contributed by atoms with Crippen LogP contribution in [0.4, 0.5) is 4.79 Å². The lowest BCUT2D eigenvalue weighted by molar-refractivity contribution is 0.233. The second kappa shape index (κ2) is 6.05. The second-order valence-electron chi connectivity index (χ2n) is 4.58. The Labute approximate surface area is 107 Å². The average Bonchev–Trinajstić information content (AvgIpc) is 2.97. The van der Waals surface area contributed by atoms with Crippen LogP contribution >= 0.6 is 11.3 Å². The van der Waals surface area contributed by atoms with Crippen LogP contribution in [-0.4, -0.2) is 12.1 Å². The van der Waals surface area contributed by atoms with Crippen LogP contribution in [0, 0.1) is 0 Å². The summed E-state index contributed by atoms with van der Waals surface area (Å²) in [4.78, 5) is 13.1. The van der Waals surface area contributed by atoms with Crippen molar-refractivity contribution >= 4 is 17.4 Å². The van der Waals surface area contributed by atoms with E-state index in [1.807, 2.05) is 6.07 Å². The Morgan fingerprint density at radius 1 is 1.53 bits per heavy atom. The maximum atomic E-state index is 11.8. The molecule has 0 radical (unpaired) electrons. The van der Waals surface area contributed by atoms with Gasteiger partial charge in [0.1, 0.15) is 0 Å². The summed E-state index contributed by atoms with van der Waals surface area (Å²) in [6.45, 7) is 2.10. The van der Waals surface area contributed by atoms with Gasteiger partial charge in [0.05, 0.1) is 6.04 Å². The van der Waals surface area contributed by atoms with Crippen molar-refractivity contribution in [1.29, 1.82) is 0 Å². The molecule has 1 aromatic heterocycles. The number of hydrogen-bond donors (Lipinski definition) is 2. The third-order valence-electron chi connectivity index (χ3n) is 3.29. The highest BCUT2D eigenvalue weighted by atomic mass is 32.1. The largest absolute Gasteiger partial charge is 0.335 e. The Balaban J connectivity index is 1.83. The van der Waals surface area contributed by atoms with Crippen molar-refractivity contribution in [3.8, 4) is 0 Å². The molecule has 1 fully saturated rings. The lowest BCUT2D eigenvalue weighted by Gasteiger charge is -2.18. The van der Waals surface area contributed by atoms with Crippen molar-refractivity contribution in [1.82, 2.24) is 10.6 Å². The normalized spacial score (nSPS) is 17.9. The molecule has 17 heavy (non-hydrogen) atoms. The summed E-state index contributed by atoms with van der Waals surface area (Å²) in [5.74, 6) is 0. The summed E-state index contributed by atoms with van der Waals surface area (Å²) in [6.07, 6.45) is 5.67. The molecule has 1 aliphatic rings. The number of rotatable bonds is 4. The van der Waals surface area contributed by atoms with Gasteiger partial charge in [0.2, 0.25) is 0 Å². The van der Waals surface area contributed by atoms with Crippen molar-refractivity contribution in [3.05, 3.63) is 22.4 Å². The van der Waals surface area contributed by atoms with Crippen LogP contribution in [0.1, 0.15) is 49.9 Å². The van der Waals surface area contributed by atoms with Gasteiger partial charge < -0.3 is 10.6 Å². The minimum absolute atomic E-state index is 0.0165. The number of carbonyl (C=O) groups excluding carboxylic acids is 1. The first kappa shape index (κ1) is 12.4. The van der Waals surface area contributed by atoms with Crippen LogP contribution in [0.5, 0.6) is 0 Å². The fraction of sp³-hybridized carbons (Fsp3) is 0.615. The molecular formula is C13H20N2OS. The van der Waals surface area contributed by atoms with Gasteiger partial charge in [-0.25, -0.2) is 4.79 Å². The zero-order valence-electron chi connectivity index (χ0n) is 10.2. The number of nitrogens with one attached hydrogen (secondary N) is 2. The van der Waals surface area contributed by atoms with Crippen molar-refractivity contribution in [3.63, 3.8) is 0 Å². The van der Waals surface area contributed by atoms with Gasteiger partial charge in [0.25, 0.3) is 0 Å². The summed E-state index contributed by atoms with van der Waals surface area (Å²) in [5, 5.41) is 8.17. The Bertz CT molecular complexity index is 344. The molecule has 0 aliphatic heterocycles. The zero-order valence-corrected chi connectivity index (χ0v) is 11.1. The molecule has 94 valence electrons. The molecule has 3 nitrogen and oxygen atoms in total. The molecule has 1 atom stereocenters. The molecule has 0 bridgehead atoms. The SMILES string of the molecule is CCC(NC(=O)NC1CCCC1)c1cccs1. The Hall–Kier alpha value is -1.03. The first-order valence-corrected chi connectivity index (χ1v) is 7.28. The molecule has 4 heteroatoms. The van der Waals surface area contributed by atoms with E-state index in [4.69, 9.17) is 0 Å². The fourth-order valence-corrected chi connectivity index (χ4v) is 3.18. The molecule has 0 spiro atoms. The molecule has 1 heterocycles. The van der Waals surface area contributed by atoms with Crippen LogP contribution in [0.2, 0.25) is 0 Å². The van der Waals surface area contributed by atoms with Crippen LogP contribution in [-0.2, 0) is 0 Å². The summed E-state index contributed by atoms with van der Waals surface area (Å²) >= 11 is 1.70. The van der Waals surface area contributed by atoms with Gasteiger partial charge in [-0.2, -0.15) is 0 Å². The number of urea groups is 1. The lowest BCUT2D eigenvalue weighted by atomic mass is 10.2. The van der Waals surface area contributed by atoms with E-state index < -0.39 is 0 Å². The summed E-state index contributed by atoms with van der Waals surface area (Å²) in [7, 11) is 0. The van der Waals surface area contributed by atoms with Gasteiger partial charge in [-0.3, -0.25) is 0 Å². The van der Waals surface area contributed by atoms with E-state index in [2.05, 4.69) is 29.0 Å². The topological polar surface area (TPSA) is 41.1 Å². The van der Waals surface area contributed by atoms with E-state index in [9.17, 15) is 4.79 Å². The van der Waals surface area contributed by atoms with Gasteiger partial charge in [0, 0.05) is 10.9 Å². The van der Waals surface area contributed by atoms with Crippen molar-refractivity contribution in [2.24, 2.45) is 0 Å². The lowest BCUT2D eigenvalue weighted by Crippen LogP contribution is -2.42. The third-order valence-corrected chi connectivity index (χ3v) is 4.28. The Morgan fingerprint density at radius 3 is 2.88 bits per heavy atom. The van der Waals surface area contributed by atoms with Crippen LogP contribution < -0.4 is 10.6 Å². The van der Waals surface area contributed by atoms with Crippen LogP contribution in [0.25, 0.3) is 0 Å². The van der Waals surface area contributed by atoms with Gasteiger partial charge in [-0.15, -0.1) is 11.3 Å². The zero-order chi connectivity index (χ0) is 12.1. The van der Waals surface area contributed by atoms with Gasteiger partial charge >= 0.3 is 6.03 Å². The molecule has 1 aromatic rings. The molecule has 0 saturated heterocycles. The minimum atomic E-state index is -0.0165. The number of hydrogen-bond acceptors (Lipinski definition) is 2. The molecule has 2 amide bonds. The van der Waals surface area contributed by atoms with Crippen molar-refractivity contribution < 1.29 is 4.79 Å². The molecule has 1 saturated carbocycles. The average molecular weight is 252 g/mol. The molecule has 2 N–H and O–H groups in total. The van der Waals surface area contributed by atoms with E-state index in [0.29, 0.717) is 6.04 Å². The van der Waals surface area contributed by atoms with Gasteiger partial charge in [-0.05, 0) is 30.7 Å². The predicted molar refractivity (Wildman–Crippen MR) is 71.3 cm³/mol. The summed E-state index contributed by atoms with van der Waals surface area (Å²) in [6, 6.07) is 4.62. The first-order valence-electron chi connectivity index (χ1n) is 6.40. The summed E-state index contributed by atoms with van der Waals surface area (Å²) < 4.78 is 0. The predicted octanol–water partition coefficient (Wildman–Crippen LogP) is 3.44. The van der Waals surface area contributed by atoms with Gasteiger partial charge in [0.15, 0.2) is 0 Å². The maximum absolute atomic E-state index is 11.8. The first-order chi connectivity index (χ1) is 8.29. The molecular weight excluding hydrogens is 232 g/mol. The molecule has 1 unspecified atom stereocenters. The highest BCUT2D eigenvalue weighted by Crippen LogP contribution is 2.22. The van der Waals surface area contributed by atoms with Crippen molar-refractivity contribution in [2.75, 3.05) is 0 Å². The smallest absolute Gasteiger partial charge is 0.315 e. The monoisotopic (exact) mass is 252 g/mol.